The minimum Gasteiger partial charge on any atom is -0.493 e. The van der Waals surface area contributed by atoms with Gasteiger partial charge < -0.3 is 20.5 Å². The lowest BCUT2D eigenvalue weighted by molar-refractivity contribution is -0.613. The van der Waals surface area contributed by atoms with E-state index in [1.54, 1.807) is 43.5 Å². The summed E-state index contributed by atoms with van der Waals surface area (Å²) in [5, 5.41) is 10.5. The van der Waals surface area contributed by atoms with Crippen molar-refractivity contribution in [3.63, 3.8) is 0 Å². The van der Waals surface area contributed by atoms with Crippen LogP contribution in [0.3, 0.4) is 0 Å². The van der Waals surface area contributed by atoms with Crippen molar-refractivity contribution in [3.8, 4) is 11.5 Å². The van der Waals surface area contributed by atoms with Gasteiger partial charge in [0.2, 0.25) is 0 Å². The lowest BCUT2D eigenvalue weighted by Crippen LogP contribution is -2.98. The smallest absolute Gasteiger partial charge is 0.361 e. The van der Waals surface area contributed by atoms with E-state index < -0.39 is 23.7 Å². The van der Waals surface area contributed by atoms with Gasteiger partial charge in [0.1, 0.15) is 11.7 Å². The number of aromatic nitrogens is 1. The number of benzene rings is 2. The van der Waals surface area contributed by atoms with E-state index in [-0.39, 0.29) is 22.9 Å². The summed E-state index contributed by atoms with van der Waals surface area (Å²) in [5.41, 5.74) is 10.8. The van der Waals surface area contributed by atoms with Crippen LogP contribution >= 0.6 is 0 Å². The second-order valence-corrected chi connectivity index (χ2v) is 7.51. The molecule has 0 radical (unpaired) electrons. The summed E-state index contributed by atoms with van der Waals surface area (Å²) in [4.78, 5) is 29.7. The van der Waals surface area contributed by atoms with Crippen LogP contribution in [-0.2, 0) is 4.79 Å². The Balaban J connectivity index is 1.91. The number of nitrogens with one attached hydrogen (secondary N) is 3. The molecule has 1 unspecified atom stereocenters. The third kappa shape index (κ3) is 5.89. The molecule has 11 heteroatoms. The first-order chi connectivity index (χ1) is 16.7. The Morgan fingerprint density at radius 2 is 1.77 bits per heavy atom. The van der Waals surface area contributed by atoms with Crippen LogP contribution in [0, 0.1) is 18.2 Å². The van der Waals surface area contributed by atoms with Crippen molar-refractivity contribution in [1.29, 1.82) is 5.41 Å². The summed E-state index contributed by atoms with van der Waals surface area (Å²) in [6.07, 6.45) is 2.95. The van der Waals surface area contributed by atoms with E-state index in [2.05, 4.69) is 15.7 Å². The Hall–Kier alpha value is -4.51. The van der Waals surface area contributed by atoms with E-state index in [9.17, 15) is 9.59 Å². The predicted molar refractivity (Wildman–Crippen MR) is 127 cm³/mol. The zero-order chi connectivity index (χ0) is 25.5. The Bertz CT molecular complexity index is 1250. The molecule has 0 aliphatic heterocycles. The van der Waals surface area contributed by atoms with Gasteiger partial charge >= 0.3 is 5.91 Å². The number of nitrogen functional groups attached to an aromatic ring is 2. The molecule has 35 heavy (non-hydrogen) atoms. The lowest BCUT2D eigenvalue weighted by Gasteiger charge is -2.19. The Labute approximate surface area is 201 Å². The fraction of sp³-hybridized carbons (Fsp3) is 0.167. The molecule has 1 heterocycles. The van der Waals surface area contributed by atoms with Gasteiger partial charge in [-0.1, -0.05) is 0 Å². The van der Waals surface area contributed by atoms with Crippen LogP contribution in [0.5, 0.6) is 11.5 Å². The molecule has 10 nitrogen and oxygen atoms in total. The summed E-state index contributed by atoms with van der Waals surface area (Å²) < 4.78 is 25.5. The largest absolute Gasteiger partial charge is 0.493 e. The van der Waals surface area contributed by atoms with Crippen molar-refractivity contribution in [2.24, 2.45) is 5.73 Å². The first kappa shape index (κ1) is 25.1. The number of hydrogen-bond acceptors (Lipinski definition) is 7. The molecule has 1 aromatic heterocycles. The average molecular weight is 482 g/mol. The fourth-order valence-corrected chi connectivity index (χ4v) is 3.31. The molecule has 2 amide bonds. The number of hydrogen-bond donors (Lipinski definition) is 5. The highest BCUT2D eigenvalue weighted by Crippen LogP contribution is 2.33. The maximum atomic E-state index is 15.1. The maximum absolute atomic E-state index is 15.1. The molecule has 3 aromatic rings. The molecule has 0 saturated carbocycles. The van der Waals surface area contributed by atoms with Crippen LogP contribution in [-0.4, -0.2) is 36.9 Å². The third-order valence-corrected chi connectivity index (χ3v) is 5.23. The molecule has 182 valence electrons. The monoisotopic (exact) mass is 481 g/mol. The highest BCUT2D eigenvalue weighted by Gasteiger charge is 2.30. The number of anilines is 1. The highest BCUT2D eigenvalue weighted by molar-refractivity contribution is 5.95. The SMILES string of the molecule is COc1cc(F)c(C(Nc2ccc(C(=N)N)cc2)C(=O)[NH2+]NC(=O)c2cnccc2C)cc1OC. The van der Waals surface area contributed by atoms with Gasteiger partial charge in [0.15, 0.2) is 17.5 Å². The van der Waals surface area contributed by atoms with Crippen molar-refractivity contribution in [1.82, 2.24) is 10.4 Å². The van der Waals surface area contributed by atoms with Gasteiger partial charge in [-0.25, -0.2) is 9.18 Å². The van der Waals surface area contributed by atoms with Crippen LogP contribution in [0.1, 0.15) is 33.1 Å². The highest BCUT2D eigenvalue weighted by atomic mass is 19.1. The minimum absolute atomic E-state index is 0.0219. The summed E-state index contributed by atoms with van der Waals surface area (Å²) in [6.45, 7) is 1.74. The quantitative estimate of drug-likeness (QED) is 0.107. The number of carbonyl (C=O) groups excluding carboxylic acids is 2. The number of primary amides is 1. The molecule has 0 bridgehead atoms. The molecule has 1 atom stereocenters. The van der Waals surface area contributed by atoms with Crippen molar-refractivity contribution in [2.75, 3.05) is 19.5 Å². The Kier molecular flexibility index (Phi) is 7.95. The minimum atomic E-state index is -1.23. The van der Waals surface area contributed by atoms with E-state index in [4.69, 9.17) is 20.6 Å². The normalized spacial score (nSPS) is 11.3. The Morgan fingerprint density at radius 1 is 1.11 bits per heavy atom. The molecular formula is C24H26FN6O4+. The first-order valence-electron chi connectivity index (χ1n) is 10.5. The number of halogens is 1. The van der Waals surface area contributed by atoms with Crippen molar-refractivity contribution in [2.45, 2.75) is 13.0 Å². The number of nitrogens with zero attached hydrogens (tertiary/aromatic N) is 1. The number of aryl methyl sites for hydroxylation is 1. The molecule has 0 aliphatic rings. The van der Waals surface area contributed by atoms with Crippen LogP contribution in [0.15, 0.2) is 54.9 Å². The second-order valence-electron chi connectivity index (χ2n) is 7.51. The number of quaternary nitrogens is 1. The zero-order valence-corrected chi connectivity index (χ0v) is 19.4. The number of pyridine rings is 1. The number of rotatable bonds is 8. The fourth-order valence-electron chi connectivity index (χ4n) is 3.31. The van der Waals surface area contributed by atoms with Gasteiger partial charge in [0, 0.05) is 35.3 Å². The predicted octanol–water partition coefficient (Wildman–Crippen LogP) is 1.42. The summed E-state index contributed by atoms with van der Waals surface area (Å²) in [7, 11) is 2.77. The third-order valence-electron chi connectivity index (χ3n) is 5.23. The van der Waals surface area contributed by atoms with E-state index >= 15 is 4.39 Å². The standard InChI is InChI=1S/C24H25FN6O4/c1-13-8-9-28-12-17(13)23(32)30-31-24(33)21(29-15-6-4-14(5-7-15)22(26)27)16-10-19(34-2)20(35-3)11-18(16)25/h4-12,21,29H,1-3H3,(H3,26,27)(H,30,32)(H,31,33)/p+1. The van der Waals surface area contributed by atoms with E-state index in [0.29, 0.717) is 22.4 Å². The lowest BCUT2D eigenvalue weighted by atomic mass is 10.0. The molecule has 0 spiro atoms. The molecular weight excluding hydrogens is 455 g/mol. The Morgan fingerprint density at radius 3 is 2.37 bits per heavy atom. The summed E-state index contributed by atoms with van der Waals surface area (Å²) in [5.74, 6) is -1.59. The number of nitrogens with two attached hydrogens (primary N) is 2. The second kappa shape index (κ2) is 11.1. The van der Waals surface area contributed by atoms with Gasteiger partial charge in [-0.3, -0.25) is 15.2 Å². The number of methoxy groups -OCH3 is 2. The molecule has 0 aliphatic carbocycles. The molecule has 0 fully saturated rings. The van der Waals surface area contributed by atoms with Crippen molar-refractivity contribution in [3.05, 3.63) is 82.9 Å². The van der Waals surface area contributed by atoms with Crippen LogP contribution in [0.4, 0.5) is 10.1 Å². The van der Waals surface area contributed by atoms with Crippen LogP contribution in [0.25, 0.3) is 0 Å². The van der Waals surface area contributed by atoms with Crippen molar-refractivity contribution >= 4 is 23.3 Å². The van der Waals surface area contributed by atoms with E-state index in [0.717, 1.165) is 11.5 Å². The molecule has 2 aromatic carbocycles. The van der Waals surface area contributed by atoms with Gasteiger partial charge in [-0.2, -0.15) is 10.9 Å². The topological polar surface area (TPSA) is 156 Å². The first-order valence-corrected chi connectivity index (χ1v) is 10.5. The summed E-state index contributed by atoms with van der Waals surface area (Å²) in [6, 6.07) is 9.31. The molecule has 7 N–H and O–H groups in total. The van der Waals surface area contributed by atoms with E-state index in [1.807, 2.05) is 0 Å². The maximum Gasteiger partial charge on any atom is 0.361 e. The summed E-state index contributed by atoms with van der Waals surface area (Å²) >= 11 is 0. The molecule has 3 rings (SSSR count). The van der Waals surface area contributed by atoms with Crippen LogP contribution in [0.2, 0.25) is 0 Å². The van der Waals surface area contributed by atoms with Gasteiger partial charge in [0.25, 0.3) is 5.91 Å². The van der Waals surface area contributed by atoms with Crippen molar-refractivity contribution < 1.29 is 28.9 Å². The average Bonchev–Trinajstić information content (AvgIpc) is 2.86. The number of amidine groups is 1. The number of amides is 2. The van der Waals surface area contributed by atoms with Gasteiger partial charge in [0.05, 0.1) is 19.8 Å². The number of ether oxygens (including phenoxy) is 2. The van der Waals surface area contributed by atoms with Gasteiger partial charge in [-0.15, -0.1) is 0 Å². The van der Waals surface area contributed by atoms with Gasteiger partial charge in [-0.05, 0) is 48.9 Å². The molecule has 0 saturated heterocycles. The van der Waals surface area contributed by atoms with E-state index in [1.165, 1.54) is 26.5 Å². The van der Waals surface area contributed by atoms with Crippen LogP contribution < -0.4 is 31.4 Å². The zero-order valence-electron chi connectivity index (χ0n) is 19.4. The number of carbonyl (C=O) groups is 2.